The number of hydrogen-bond acceptors (Lipinski definition) is 8. The van der Waals surface area contributed by atoms with Crippen molar-refractivity contribution in [1.29, 1.82) is 0 Å². The van der Waals surface area contributed by atoms with Crippen molar-refractivity contribution in [2.45, 2.75) is 24.3 Å². The molecule has 30 heavy (non-hydrogen) atoms. The highest BCUT2D eigenvalue weighted by Crippen LogP contribution is 2.25. The van der Waals surface area contributed by atoms with Crippen LogP contribution in [0.1, 0.15) is 12.5 Å². The molecular weight excluding hydrogens is 453 g/mol. The van der Waals surface area contributed by atoms with Crippen molar-refractivity contribution in [2.24, 2.45) is 5.10 Å². The summed E-state index contributed by atoms with van der Waals surface area (Å²) < 4.78 is 18.9. The maximum absolute atomic E-state index is 13.3. The lowest BCUT2D eigenvalue weighted by Crippen LogP contribution is -2.47. The first-order chi connectivity index (χ1) is 14.4. The number of hydrogen-bond donors (Lipinski definition) is 3. The molecule has 0 aliphatic carbocycles. The van der Waals surface area contributed by atoms with Gasteiger partial charge in [0.1, 0.15) is 10.5 Å². The Morgan fingerprint density at radius 1 is 1.50 bits per heavy atom. The van der Waals surface area contributed by atoms with Gasteiger partial charge in [-0.05, 0) is 29.5 Å². The molecule has 0 bridgehead atoms. The van der Waals surface area contributed by atoms with E-state index in [2.05, 4.69) is 26.1 Å². The number of benzene rings is 1. The Balaban J connectivity index is 1.34. The van der Waals surface area contributed by atoms with Gasteiger partial charge in [0.2, 0.25) is 11.8 Å². The largest absolute Gasteiger partial charge is 0.374 e. The molecule has 12 heteroatoms. The summed E-state index contributed by atoms with van der Waals surface area (Å²) >= 11 is 8.60. The van der Waals surface area contributed by atoms with E-state index in [1.54, 1.807) is 12.1 Å². The van der Waals surface area contributed by atoms with Gasteiger partial charge in [-0.1, -0.05) is 17.7 Å². The number of hydrazone groups is 1. The summed E-state index contributed by atoms with van der Waals surface area (Å²) in [4.78, 5) is 25.4. The van der Waals surface area contributed by atoms with Crippen molar-refractivity contribution in [3.05, 3.63) is 34.6 Å². The fourth-order valence-electron chi connectivity index (χ4n) is 2.92. The summed E-state index contributed by atoms with van der Waals surface area (Å²) in [5.74, 6) is -0.445. The second kappa shape index (κ2) is 11.2. The first kappa shape index (κ1) is 23.1. The van der Waals surface area contributed by atoms with E-state index in [1.165, 1.54) is 36.5 Å². The van der Waals surface area contributed by atoms with Crippen molar-refractivity contribution in [3.8, 4) is 0 Å². The molecular formula is C18H23ClFN5O3S2. The zero-order valence-electron chi connectivity index (χ0n) is 16.3. The zero-order valence-corrected chi connectivity index (χ0v) is 18.7. The molecule has 0 saturated carbocycles. The second-order valence-electron chi connectivity index (χ2n) is 6.77. The highest BCUT2D eigenvalue weighted by molar-refractivity contribution is 8.25. The maximum Gasteiger partial charge on any atom is 0.230 e. The molecule has 3 N–H and O–H groups in total. The molecule has 2 amide bonds. The number of nitrogens with one attached hydrogen (secondary N) is 3. The molecule has 8 nitrogen and oxygen atoms in total. The Morgan fingerprint density at radius 2 is 2.33 bits per heavy atom. The van der Waals surface area contributed by atoms with Crippen LogP contribution in [0.15, 0.2) is 23.3 Å². The summed E-state index contributed by atoms with van der Waals surface area (Å²) in [6.07, 6.45) is -0.114. The van der Waals surface area contributed by atoms with E-state index in [0.29, 0.717) is 31.4 Å². The van der Waals surface area contributed by atoms with Crippen molar-refractivity contribution < 1.29 is 18.7 Å². The van der Waals surface area contributed by atoms with Crippen molar-refractivity contribution >= 4 is 52.1 Å². The molecule has 164 valence electrons. The number of thioether (sulfide) groups is 2. The second-order valence-corrected chi connectivity index (χ2v) is 9.66. The Bertz CT molecular complexity index is 816. The van der Waals surface area contributed by atoms with Gasteiger partial charge in [-0.3, -0.25) is 19.9 Å². The van der Waals surface area contributed by atoms with Crippen molar-refractivity contribution in [2.75, 3.05) is 32.0 Å². The topological polar surface area (TPSA) is 95.1 Å². The molecule has 1 unspecified atom stereocenters. The number of rotatable bonds is 7. The molecule has 3 rings (SSSR count). The van der Waals surface area contributed by atoms with Crippen LogP contribution in [0.3, 0.4) is 0 Å². The number of morpholine rings is 1. The number of amides is 2. The maximum atomic E-state index is 13.3. The zero-order chi connectivity index (χ0) is 21.5. The molecule has 2 aliphatic rings. The Morgan fingerprint density at radius 3 is 3.10 bits per heavy atom. The third kappa shape index (κ3) is 7.31. The minimum Gasteiger partial charge on any atom is -0.374 e. The summed E-state index contributed by atoms with van der Waals surface area (Å²) in [6, 6.07) is 4.73. The Labute approximate surface area is 187 Å². The van der Waals surface area contributed by atoms with Crippen molar-refractivity contribution in [1.82, 2.24) is 21.0 Å². The van der Waals surface area contributed by atoms with E-state index in [9.17, 15) is 14.0 Å². The third-order valence-electron chi connectivity index (χ3n) is 4.28. The van der Waals surface area contributed by atoms with Gasteiger partial charge < -0.3 is 15.4 Å². The van der Waals surface area contributed by atoms with E-state index >= 15 is 0 Å². The van der Waals surface area contributed by atoms with E-state index in [-0.39, 0.29) is 33.4 Å². The lowest BCUT2D eigenvalue weighted by molar-refractivity contribution is -0.120. The number of carbonyl (C=O) groups is 2. The van der Waals surface area contributed by atoms with Gasteiger partial charge in [0, 0.05) is 33.1 Å². The van der Waals surface area contributed by atoms with Gasteiger partial charge in [-0.2, -0.15) is 5.10 Å². The molecule has 1 aromatic rings. The van der Waals surface area contributed by atoms with Crippen LogP contribution in [0.2, 0.25) is 5.02 Å². The molecule has 0 spiro atoms. The molecule has 2 atom stereocenters. The number of nitrogens with zero attached hydrogens (tertiary/aromatic N) is 2. The van der Waals surface area contributed by atoms with Gasteiger partial charge >= 0.3 is 0 Å². The standard InChI is InChI=1S/C18H23ClFN5O3S2/c1-11(26)22-17-23-24-18(30-17)29-10-16(27)21-7-13-9-25(4-5-28-13)8-12-2-3-15(20)14(19)6-12/h2-3,6,13,18,24H,4-5,7-10H2,1H3,(H,21,27)(H,22,23,26)/t13-,18?/m0/s1. The minimum absolute atomic E-state index is 0.0959. The van der Waals surface area contributed by atoms with E-state index < -0.39 is 5.82 Å². The molecule has 1 aromatic carbocycles. The van der Waals surface area contributed by atoms with Gasteiger partial charge in [0.05, 0.1) is 23.5 Å². The van der Waals surface area contributed by atoms with Crippen LogP contribution in [0, 0.1) is 5.82 Å². The lowest BCUT2D eigenvalue weighted by Gasteiger charge is -2.33. The predicted molar refractivity (Wildman–Crippen MR) is 118 cm³/mol. The van der Waals surface area contributed by atoms with Gasteiger partial charge in [0.15, 0.2) is 5.17 Å². The van der Waals surface area contributed by atoms with Crippen LogP contribution in [-0.4, -0.2) is 64.7 Å². The molecule has 1 fully saturated rings. The van der Waals surface area contributed by atoms with Crippen LogP contribution in [0.5, 0.6) is 0 Å². The van der Waals surface area contributed by atoms with E-state index in [4.69, 9.17) is 16.3 Å². The molecule has 1 saturated heterocycles. The Hall–Kier alpha value is -1.53. The van der Waals surface area contributed by atoms with E-state index in [1.807, 2.05) is 0 Å². The monoisotopic (exact) mass is 475 g/mol. The minimum atomic E-state index is -0.426. The number of halogens is 2. The molecule has 0 aromatic heterocycles. The highest BCUT2D eigenvalue weighted by Gasteiger charge is 2.23. The molecule has 2 heterocycles. The average molecular weight is 476 g/mol. The summed E-state index contributed by atoms with van der Waals surface area (Å²) in [5, 5.41) is 10.1. The normalized spacial score (nSPS) is 21.6. The van der Waals surface area contributed by atoms with Gasteiger partial charge in [-0.15, -0.1) is 11.8 Å². The smallest absolute Gasteiger partial charge is 0.230 e. The number of amidine groups is 1. The van der Waals surface area contributed by atoms with Crippen LogP contribution in [0.4, 0.5) is 4.39 Å². The Kier molecular flexibility index (Phi) is 8.63. The van der Waals surface area contributed by atoms with Crippen LogP contribution >= 0.6 is 35.1 Å². The highest BCUT2D eigenvalue weighted by atomic mass is 35.5. The van der Waals surface area contributed by atoms with Crippen LogP contribution in [-0.2, 0) is 20.9 Å². The summed E-state index contributed by atoms with van der Waals surface area (Å²) in [5.41, 5.74) is 3.80. The number of ether oxygens (including phenoxy) is 1. The molecule has 2 aliphatic heterocycles. The number of carbonyl (C=O) groups excluding carboxylic acids is 2. The molecule has 0 radical (unpaired) electrons. The summed E-state index contributed by atoms with van der Waals surface area (Å²) in [7, 11) is 0. The fraction of sp³-hybridized carbons (Fsp3) is 0.500. The average Bonchev–Trinajstić information content (AvgIpc) is 3.14. The van der Waals surface area contributed by atoms with Gasteiger partial charge in [-0.25, -0.2) is 4.39 Å². The summed E-state index contributed by atoms with van der Waals surface area (Å²) in [6.45, 7) is 4.47. The predicted octanol–water partition coefficient (Wildman–Crippen LogP) is 1.56. The SMILES string of the molecule is CC(=O)NC1=NNC(SCC(=O)NC[C@H]2CN(Cc3ccc(F)c(Cl)c3)CCO2)S1. The van der Waals surface area contributed by atoms with E-state index in [0.717, 1.165) is 12.1 Å². The quantitative estimate of drug-likeness (QED) is 0.550. The van der Waals surface area contributed by atoms with Gasteiger partial charge in [0.25, 0.3) is 0 Å². The van der Waals surface area contributed by atoms with Crippen LogP contribution < -0.4 is 16.1 Å². The van der Waals surface area contributed by atoms with Crippen molar-refractivity contribution in [3.63, 3.8) is 0 Å². The third-order valence-corrected chi connectivity index (χ3v) is 6.84. The first-order valence-corrected chi connectivity index (χ1v) is 11.6. The first-order valence-electron chi connectivity index (χ1n) is 9.32. The van der Waals surface area contributed by atoms with Crippen LogP contribution in [0.25, 0.3) is 0 Å². The fourth-order valence-corrected chi connectivity index (χ4v) is 5.02. The lowest BCUT2D eigenvalue weighted by atomic mass is 10.2.